The average molecular weight is 336 g/mol. The highest BCUT2D eigenvalue weighted by molar-refractivity contribution is 6.03. The van der Waals surface area contributed by atoms with Gasteiger partial charge in [0.15, 0.2) is 0 Å². The van der Waals surface area contributed by atoms with E-state index in [4.69, 9.17) is 0 Å². The molecule has 0 atom stereocenters. The van der Waals surface area contributed by atoms with Gasteiger partial charge in [-0.15, -0.1) is 0 Å². The van der Waals surface area contributed by atoms with Gasteiger partial charge in [0.25, 0.3) is 5.91 Å². The maximum atomic E-state index is 12.3. The number of carbonyl (C=O) groups excluding carboxylic acids is 2. The van der Waals surface area contributed by atoms with Crippen LogP contribution in [0.4, 0.5) is 5.82 Å². The SMILES string of the molecule is COC(=O)c1ccc(NC(=O)c2cnn(Cc3ccccc3)c2)nc1. The fourth-order valence-electron chi connectivity index (χ4n) is 2.23. The molecule has 0 saturated heterocycles. The fraction of sp³-hybridized carbons (Fsp3) is 0.111. The Morgan fingerprint density at radius 1 is 1.08 bits per heavy atom. The van der Waals surface area contributed by atoms with Crippen molar-refractivity contribution < 1.29 is 14.3 Å². The van der Waals surface area contributed by atoms with Crippen LogP contribution in [0.1, 0.15) is 26.3 Å². The molecular formula is C18H16N4O3. The quantitative estimate of drug-likeness (QED) is 0.723. The summed E-state index contributed by atoms with van der Waals surface area (Å²) in [5.74, 6) is -0.460. The summed E-state index contributed by atoms with van der Waals surface area (Å²) in [6.07, 6.45) is 4.52. The van der Waals surface area contributed by atoms with E-state index in [0.717, 1.165) is 5.56 Å². The van der Waals surface area contributed by atoms with Crippen LogP contribution in [0, 0.1) is 0 Å². The molecule has 126 valence electrons. The second-order valence-electron chi connectivity index (χ2n) is 5.29. The number of nitrogens with zero attached hydrogens (tertiary/aromatic N) is 3. The largest absolute Gasteiger partial charge is 0.465 e. The van der Waals surface area contributed by atoms with Gasteiger partial charge >= 0.3 is 5.97 Å². The second-order valence-corrected chi connectivity index (χ2v) is 5.29. The molecule has 2 aromatic heterocycles. The number of esters is 1. The minimum absolute atomic E-state index is 0.316. The summed E-state index contributed by atoms with van der Waals surface area (Å²) < 4.78 is 6.29. The van der Waals surface area contributed by atoms with Crippen LogP contribution in [-0.4, -0.2) is 33.8 Å². The lowest BCUT2D eigenvalue weighted by Crippen LogP contribution is -2.13. The number of nitrogens with one attached hydrogen (secondary N) is 1. The Balaban J connectivity index is 1.64. The van der Waals surface area contributed by atoms with Crippen molar-refractivity contribution in [3.63, 3.8) is 0 Å². The summed E-state index contributed by atoms with van der Waals surface area (Å²) >= 11 is 0. The summed E-state index contributed by atoms with van der Waals surface area (Å²) in [6, 6.07) is 12.9. The van der Waals surface area contributed by atoms with Crippen LogP contribution in [0.25, 0.3) is 0 Å². The van der Waals surface area contributed by atoms with Crippen LogP contribution >= 0.6 is 0 Å². The number of ether oxygens (including phenoxy) is 1. The minimum atomic E-state index is -0.479. The van der Waals surface area contributed by atoms with Gasteiger partial charge in [0.2, 0.25) is 0 Å². The number of anilines is 1. The molecule has 7 nitrogen and oxygen atoms in total. The monoisotopic (exact) mass is 336 g/mol. The number of pyridine rings is 1. The van der Waals surface area contributed by atoms with Gasteiger partial charge in [0.1, 0.15) is 5.82 Å². The van der Waals surface area contributed by atoms with Crippen LogP contribution in [0.5, 0.6) is 0 Å². The zero-order valence-electron chi connectivity index (χ0n) is 13.5. The first kappa shape index (κ1) is 16.4. The van der Waals surface area contributed by atoms with Gasteiger partial charge in [-0.2, -0.15) is 5.10 Å². The molecule has 0 aliphatic rings. The summed E-state index contributed by atoms with van der Waals surface area (Å²) in [6.45, 7) is 0.584. The Morgan fingerprint density at radius 3 is 2.56 bits per heavy atom. The second kappa shape index (κ2) is 7.39. The van der Waals surface area contributed by atoms with Crippen molar-refractivity contribution in [2.24, 2.45) is 0 Å². The average Bonchev–Trinajstić information content (AvgIpc) is 3.11. The van der Waals surface area contributed by atoms with Gasteiger partial charge in [0.05, 0.1) is 31.0 Å². The lowest BCUT2D eigenvalue weighted by atomic mass is 10.2. The van der Waals surface area contributed by atoms with Crippen molar-refractivity contribution in [3.8, 4) is 0 Å². The molecule has 3 aromatic rings. The normalized spacial score (nSPS) is 10.3. The van der Waals surface area contributed by atoms with Crippen molar-refractivity contribution in [3.05, 3.63) is 77.7 Å². The first-order valence-electron chi connectivity index (χ1n) is 7.58. The molecular weight excluding hydrogens is 320 g/mol. The van der Waals surface area contributed by atoms with E-state index in [2.05, 4.69) is 20.1 Å². The molecule has 1 amide bonds. The van der Waals surface area contributed by atoms with Gasteiger partial charge < -0.3 is 10.1 Å². The molecule has 0 fully saturated rings. The Bertz CT molecular complexity index is 873. The van der Waals surface area contributed by atoms with E-state index in [1.54, 1.807) is 16.9 Å². The molecule has 0 saturated carbocycles. The number of methoxy groups -OCH3 is 1. The molecule has 7 heteroatoms. The van der Waals surface area contributed by atoms with Gasteiger partial charge in [-0.1, -0.05) is 30.3 Å². The molecule has 0 radical (unpaired) electrons. The van der Waals surface area contributed by atoms with E-state index < -0.39 is 5.97 Å². The van der Waals surface area contributed by atoms with E-state index >= 15 is 0 Å². The van der Waals surface area contributed by atoms with Crippen molar-refractivity contribution in [2.45, 2.75) is 6.54 Å². The Labute approximate surface area is 144 Å². The topological polar surface area (TPSA) is 86.1 Å². The van der Waals surface area contributed by atoms with Crippen LogP contribution in [-0.2, 0) is 11.3 Å². The van der Waals surface area contributed by atoms with Crippen molar-refractivity contribution in [1.82, 2.24) is 14.8 Å². The Kier molecular flexibility index (Phi) is 4.84. The highest BCUT2D eigenvalue weighted by Gasteiger charge is 2.11. The van der Waals surface area contributed by atoms with E-state index in [1.165, 1.54) is 25.6 Å². The molecule has 0 aliphatic carbocycles. The predicted molar refractivity (Wildman–Crippen MR) is 91.3 cm³/mol. The van der Waals surface area contributed by atoms with E-state index in [0.29, 0.717) is 23.5 Å². The number of rotatable bonds is 5. The highest BCUT2D eigenvalue weighted by atomic mass is 16.5. The first-order valence-corrected chi connectivity index (χ1v) is 7.58. The summed E-state index contributed by atoms with van der Waals surface area (Å²) in [7, 11) is 1.30. The Morgan fingerprint density at radius 2 is 1.88 bits per heavy atom. The number of aromatic nitrogens is 3. The number of hydrogen-bond donors (Lipinski definition) is 1. The third kappa shape index (κ3) is 4.08. The lowest BCUT2D eigenvalue weighted by molar-refractivity contribution is 0.0600. The molecule has 0 aliphatic heterocycles. The zero-order valence-corrected chi connectivity index (χ0v) is 13.5. The third-order valence-electron chi connectivity index (χ3n) is 3.51. The number of amides is 1. The number of benzene rings is 1. The fourth-order valence-corrected chi connectivity index (χ4v) is 2.23. The maximum Gasteiger partial charge on any atom is 0.339 e. The zero-order chi connectivity index (χ0) is 17.6. The third-order valence-corrected chi connectivity index (χ3v) is 3.51. The predicted octanol–water partition coefficient (Wildman–Crippen LogP) is 2.37. The lowest BCUT2D eigenvalue weighted by Gasteiger charge is -2.04. The Hall–Kier alpha value is -3.48. The van der Waals surface area contributed by atoms with Crippen LogP contribution < -0.4 is 5.32 Å². The van der Waals surface area contributed by atoms with Crippen molar-refractivity contribution in [2.75, 3.05) is 12.4 Å². The van der Waals surface area contributed by atoms with E-state index in [9.17, 15) is 9.59 Å². The molecule has 3 rings (SSSR count). The van der Waals surface area contributed by atoms with Gasteiger partial charge in [-0.3, -0.25) is 9.48 Å². The van der Waals surface area contributed by atoms with Crippen molar-refractivity contribution in [1.29, 1.82) is 0 Å². The van der Waals surface area contributed by atoms with Crippen LogP contribution in [0.3, 0.4) is 0 Å². The number of carbonyl (C=O) groups is 2. The molecule has 25 heavy (non-hydrogen) atoms. The molecule has 0 bridgehead atoms. The van der Waals surface area contributed by atoms with Crippen molar-refractivity contribution >= 4 is 17.7 Å². The van der Waals surface area contributed by atoms with Gasteiger partial charge in [-0.25, -0.2) is 9.78 Å². The summed E-state index contributed by atoms with van der Waals surface area (Å²) in [4.78, 5) is 27.6. The van der Waals surface area contributed by atoms with E-state index in [-0.39, 0.29) is 5.91 Å². The van der Waals surface area contributed by atoms with Gasteiger partial charge in [0, 0.05) is 12.4 Å². The van der Waals surface area contributed by atoms with Gasteiger partial charge in [-0.05, 0) is 17.7 Å². The number of hydrogen-bond acceptors (Lipinski definition) is 5. The molecule has 1 N–H and O–H groups in total. The smallest absolute Gasteiger partial charge is 0.339 e. The molecule has 0 unspecified atom stereocenters. The summed E-state index contributed by atoms with van der Waals surface area (Å²) in [5, 5.41) is 6.86. The maximum absolute atomic E-state index is 12.3. The minimum Gasteiger partial charge on any atom is -0.465 e. The summed E-state index contributed by atoms with van der Waals surface area (Å²) in [5.41, 5.74) is 1.84. The standard InChI is InChI=1S/C18H16N4O3/c1-25-18(24)14-7-8-16(19-9-14)21-17(23)15-10-20-22(12-15)11-13-5-3-2-4-6-13/h2-10,12H,11H2,1H3,(H,19,21,23). The van der Waals surface area contributed by atoms with Crippen LogP contribution in [0.2, 0.25) is 0 Å². The first-order chi connectivity index (χ1) is 12.2. The van der Waals surface area contributed by atoms with E-state index in [1.807, 2.05) is 30.3 Å². The highest BCUT2D eigenvalue weighted by Crippen LogP contribution is 2.09. The molecule has 2 heterocycles. The molecule has 1 aromatic carbocycles. The molecule has 0 spiro atoms. The van der Waals surface area contributed by atoms with Crippen LogP contribution in [0.15, 0.2) is 61.1 Å².